The van der Waals surface area contributed by atoms with Gasteiger partial charge in [-0.25, -0.2) is 4.98 Å². The highest BCUT2D eigenvalue weighted by Crippen LogP contribution is 2.41. The van der Waals surface area contributed by atoms with Crippen LogP contribution in [0, 0.1) is 11.3 Å². The largest absolute Gasteiger partial charge is 0.489 e. The number of nitrogens with zero attached hydrogens (tertiary/aromatic N) is 2. The summed E-state index contributed by atoms with van der Waals surface area (Å²) in [5, 5.41) is 13.0. The number of aliphatic hydroxyl groups is 1. The van der Waals surface area contributed by atoms with Crippen molar-refractivity contribution < 1.29 is 14.6 Å². The van der Waals surface area contributed by atoms with Crippen molar-refractivity contribution in [1.29, 1.82) is 0 Å². The fraction of sp³-hybridized carbons (Fsp3) is 0.520. The monoisotopic (exact) mass is 457 g/mol. The molecule has 1 saturated carbocycles. The van der Waals surface area contributed by atoms with Crippen LogP contribution in [0.15, 0.2) is 30.5 Å². The first kappa shape index (κ1) is 22.9. The fourth-order valence-corrected chi connectivity index (χ4v) is 5.06. The number of carbonyl (C=O) groups is 1. The van der Waals surface area contributed by atoms with E-state index in [1.165, 1.54) is 0 Å². The first-order valence-corrected chi connectivity index (χ1v) is 11.7. The maximum absolute atomic E-state index is 13.2. The summed E-state index contributed by atoms with van der Waals surface area (Å²) in [6.07, 6.45) is 5.90. The second-order valence-electron chi connectivity index (χ2n) is 9.85. The Bertz CT molecular complexity index is 981. The number of nitrogens with one attached hydrogen (secondary N) is 1. The van der Waals surface area contributed by atoms with E-state index in [0.717, 1.165) is 31.4 Å². The summed E-state index contributed by atoms with van der Waals surface area (Å²) < 4.78 is 5.95. The lowest BCUT2D eigenvalue weighted by Crippen LogP contribution is -2.40. The minimum Gasteiger partial charge on any atom is -0.489 e. The molecular weight excluding hydrogens is 426 g/mol. The Morgan fingerprint density at radius 2 is 2.03 bits per heavy atom. The Morgan fingerprint density at radius 3 is 2.69 bits per heavy atom. The summed E-state index contributed by atoms with van der Waals surface area (Å²) in [5.74, 6) is 1.75. The highest BCUT2D eigenvalue weighted by molar-refractivity contribution is 6.33. The molecule has 1 aliphatic heterocycles. The standard InChI is InChI=1S/C25H32ClN3O3/c1-25(2,3)17-7-9-18(10-8-17)28-24(31)19-5-4-6-21-22(19)32-12-11-29(21)23-20(26)13-16(15-30)14-27-23/h4-6,13-14,17-18,30H,7-12,15H2,1-3H3,(H,28,31)/t17-,18-. The van der Waals surface area contributed by atoms with Gasteiger partial charge in [-0.3, -0.25) is 4.79 Å². The van der Waals surface area contributed by atoms with Gasteiger partial charge in [0.1, 0.15) is 6.61 Å². The Kier molecular flexibility index (Phi) is 6.63. The van der Waals surface area contributed by atoms with E-state index in [9.17, 15) is 9.90 Å². The Morgan fingerprint density at radius 1 is 1.28 bits per heavy atom. The molecule has 0 radical (unpaired) electrons. The van der Waals surface area contributed by atoms with E-state index in [-0.39, 0.29) is 18.6 Å². The van der Waals surface area contributed by atoms with Crippen molar-refractivity contribution in [3.63, 3.8) is 0 Å². The zero-order chi connectivity index (χ0) is 22.9. The van der Waals surface area contributed by atoms with Crippen molar-refractivity contribution in [3.8, 4) is 5.75 Å². The first-order chi connectivity index (χ1) is 15.3. The number of fused-ring (bicyclic) bond motifs is 1. The van der Waals surface area contributed by atoms with Crippen molar-refractivity contribution >= 4 is 29.0 Å². The summed E-state index contributed by atoms with van der Waals surface area (Å²) in [6.45, 7) is 7.78. The first-order valence-electron chi connectivity index (χ1n) is 11.4. The van der Waals surface area contributed by atoms with Gasteiger partial charge in [-0.15, -0.1) is 0 Å². The number of rotatable bonds is 4. The molecule has 7 heteroatoms. The maximum atomic E-state index is 13.2. The Labute approximate surface area is 194 Å². The lowest BCUT2D eigenvalue weighted by Gasteiger charge is -2.37. The zero-order valence-corrected chi connectivity index (χ0v) is 19.8. The molecule has 32 heavy (non-hydrogen) atoms. The number of halogens is 1. The summed E-state index contributed by atoms with van der Waals surface area (Å²) in [5.41, 5.74) is 2.27. The molecule has 0 unspecified atom stereocenters. The number of hydrogen-bond donors (Lipinski definition) is 2. The van der Waals surface area contributed by atoms with Crippen LogP contribution in [-0.4, -0.2) is 35.2 Å². The summed E-state index contributed by atoms with van der Waals surface area (Å²) in [6, 6.07) is 7.49. The molecule has 1 aromatic heterocycles. The van der Waals surface area contributed by atoms with Crippen LogP contribution in [-0.2, 0) is 6.61 Å². The van der Waals surface area contributed by atoms with Gasteiger partial charge in [0.2, 0.25) is 0 Å². The van der Waals surface area contributed by atoms with Gasteiger partial charge in [-0.1, -0.05) is 38.4 Å². The molecule has 0 atom stereocenters. The Balaban J connectivity index is 1.52. The minimum atomic E-state index is -0.116. The lowest BCUT2D eigenvalue weighted by molar-refractivity contribution is 0.0900. The van der Waals surface area contributed by atoms with E-state index in [1.54, 1.807) is 12.3 Å². The number of hydrogen-bond acceptors (Lipinski definition) is 5. The minimum absolute atomic E-state index is 0.0995. The third-order valence-electron chi connectivity index (χ3n) is 6.69. The number of para-hydroxylation sites is 1. The molecule has 1 amide bonds. The van der Waals surface area contributed by atoms with E-state index >= 15 is 0 Å². The van der Waals surface area contributed by atoms with Gasteiger partial charge in [0.15, 0.2) is 11.6 Å². The molecule has 2 heterocycles. The SMILES string of the molecule is CC(C)(C)[C@H]1CC[C@H](NC(=O)c2cccc3c2OCCN3c2ncc(CO)cc2Cl)CC1. The normalized spacial score (nSPS) is 21.0. The van der Waals surface area contributed by atoms with Crippen molar-refractivity contribution in [2.75, 3.05) is 18.1 Å². The van der Waals surface area contributed by atoms with Gasteiger partial charge in [0, 0.05) is 12.2 Å². The van der Waals surface area contributed by atoms with Crippen molar-refractivity contribution in [2.45, 2.75) is 59.1 Å². The summed E-state index contributed by atoms with van der Waals surface area (Å²) in [4.78, 5) is 19.6. The molecule has 0 spiro atoms. The third kappa shape index (κ3) is 4.71. The molecule has 4 rings (SSSR count). The molecule has 1 fully saturated rings. The third-order valence-corrected chi connectivity index (χ3v) is 6.97. The molecule has 2 aromatic rings. The van der Waals surface area contributed by atoms with E-state index in [0.29, 0.717) is 52.2 Å². The number of pyridine rings is 1. The number of ether oxygens (including phenoxy) is 1. The zero-order valence-electron chi connectivity index (χ0n) is 19.0. The lowest BCUT2D eigenvalue weighted by atomic mass is 9.71. The van der Waals surface area contributed by atoms with Crippen LogP contribution >= 0.6 is 11.6 Å². The van der Waals surface area contributed by atoms with Crippen molar-refractivity contribution in [1.82, 2.24) is 10.3 Å². The second-order valence-corrected chi connectivity index (χ2v) is 10.3. The number of anilines is 2. The predicted octanol–water partition coefficient (Wildman–Crippen LogP) is 5.09. The van der Waals surface area contributed by atoms with Gasteiger partial charge >= 0.3 is 0 Å². The van der Waals surface area contributed by atoms with Crippen LogP contribution in [0.5, 0.6) is 5.75 Å². The number of carbonyl (C=O) groups excluding carboxylic acids is 1. The van der Waals surface area contributed by atoms with Crippen LogP contribution in [0.2, 0.25) is 5.02 Å². The molecule has 1 aromatic carbocycles. The molecule has 0 saturated heterocycles. The van der Waals surface area contributed by atoms with Gasteiger partial charge in [-0.05, 0) is 60.8 Å². The van der Waals surface area contributed by atoms with Crippen LogP contribution in [0.4, 0.5) is 11.5 Å². The van der Waals surface area contributed by atoms with E-state index in [4.69, 9.17) is 16.3 Å². The highest BCUT2D eigenvalue weighted by atomic mass is 35.5. The molecule has 6 nitrogen and oxygen atoms in total. The summed E-state index contributed by atoms with van der Waals surface area (Å²) in [7, 11) is 0. The summed E-state index contributed by atoms with van der Waals surface area (Å²) >= 11 is 6.45. The molecule has 1 aliphatic carbocycles. The number of aliphatic hydroxyl groups excluding tert-OH is 1. The number of benzene rings is 1. The van der Waals surface area contributed by atoms with Crippen LogP contribution in [0.3, 0.4) is 0 Å². The average Bonchev–Trinajstić information content (AvgIpc) is 2.78. The second kappa shape index (κ2) is 9.28. The predicted molar refractivity (Wildman–Crippen MR) is 127 cm³/mol. The molecule has 2 N–H and O–H groups in total. The quantitative estimate of drug-likeness (QED) is 0.668. The molecule has 2 aliphatic rings. The molecular formula is C25H32ClN3O3. The van der Waals surface area contributed by atoms with Crippen LogP contribution in [0.1, 0.15) is 62.4 Å². The smallest absolute Gasteiger partial charge is 0.255 e. The van der Waals surface area contributed by atoms with E-state index < -0.39 is 0 Å². The molecule has 172 valence electrons. The fourth-order valence-electron chi connectivity index (χ4n) is 4.77. The van der Waals surface area contributed by atoms with Crippen molar-refractivity contribution in [2.24, 2.45) is 11.3 Å². The van der Waals surface area contributed by atoms with E-state index in [2.05, 4.69) is 31.1 Å². The van der Waals surface area contributed by atoms with Gasteiger partial charge in [-0.2, -0.15) is 0 Å². The number of amides is 1. The highest BCUT2D eigenvalue weighted by Gasteiger charge is 2.32. The van der Waals surface area contributed by atoms with Gasteiger partial charge < -0.3 is 20.1 Å². The van der Waals surface area contributed by atoms with Gasteiger partial charge in [0.05, 0.1) is 29.4 Å². The van der Waals surface area contributed by atoms with Crippen molar-refractivity contribution in [3.05, 3.63) is 46.6 Å². The molecule has 0 bridgehead atoms. The Hall–Kier alpha value is -2.31. The van der Waals surface area contributed by atoms with Crippen LogP contribution in [0.25, 0.3) is 0 Å². The average molecular weight is 458 g/mol. The van der Waals surface area contributed by atoms with E-state index in [1.807, 2.05) is 23.1 Å². The van der Waals surface area contributed by atoms with Gasteiger partial charge in [0.25, 0.3) is 5.91 Å². The topological polar surface area (TPSA) is 74.7 Å². The number of aromatic nitrogens is 1. The van der Waals surface area contributed by atoms with Crippen LogP contribution < -0.4 is 15.0 Å². The maximum Gasteiger partial charge on any atom is 0.255 e.